The molecule has 0 saturated carbocycles. The number of nitrogens with zero attached hydrogens (tertiary/aromatic N) is 2. The van der Waals surface area contributed by atoms with Gasteiger partial charge in [0.1, 0.15) is 5.76 Å². The van der Waals surface area contributed by atoms with E-state index in [0.29, 0.717) is 5.89 Å². The van der Waals surface area contributed by atoms with Crippen molar-refractivity contribution in [1.29, 1.82) is 0 Å². The lowest BCUT2D eigenvalue weighted by atomic mass is 9.96. The molecule has 0 spiro atoms. The number of hydrogen-bond donors (Lipinski definition) is 1. The highest BCUT2D eigenvalue weighted by Gasteiger charge is 2.36. The number of aryl methyl sites for hydroxylation is 1. The molecule has 1 aliphatic heterocycles. The Morgan fingerprint density at radius 1 is 1.32 bits per heavy atom. The summed E-state index contributed by atoms with van der Waals surface area (Å²) in [6.45, 7) is 7.48. The van der Waals surface area contributed by atoms with Gasteiger partial charge < -0.3 is 9.52 Å². The summed E-state index contributed by atoms with van der Waals surface area (Å²) >= 11 is 0. The van der Waals surface area contributed by atoms with Crippen LogP contribution in [0.25, 0.3) is 11.5 Å². The van der Waals surface area contributed by atoms with Gasteiger partial charge in [-0.1, -0.05) is 18.2 Å². The zero-order valence-electron chi connectivity index (χ0n) is 13.5. The minimum atomic E-state index is -0.684. The van der Waals surface area contributed by atoms with Crippen LogP contribution < -0.4 is 0 Å². The molecule has 0 radical (unpaired) electrons. The third-order valence-corrected chi connectivity index (χ3v) is 4.45. The minimum absolute atomic E-state index is 0.184. The van der Waals surface area contributed by atoms with Crippen LogP contribution in [0.2, 0.25) is 0 Å². The maximum absolute atomic E-state index is 10.3. The van der Waals surface area contributed by atoms with Crippen LogP contribution in [0.15, 0.2) is 34.7 Å². The first kappa shape index (κ1) is 15.3. The smallest absolute Gasteiger partial charge is 0.226 e. The molecule has 1 N–H and O–H groups in total. The van der Waals surface area contributed by atoms with Crippen molar-refractivity contribution in [3.8, 4) is 11.5 Å². The molecule has 1 unspecified atom stereocenters. The van der Waals surface area contributed by atoms with Crippen LogP contribution in [-0.4, -0.2) is 33.2 Å². The highest BCUT2D eigenvalue weighted by atomic mass is 16.4. The molecule has 22 heavy (non-hydrogen) atoms. The number of benzene rings is 1. The van der Waals surface area contributed by atoms with Gasteiger partial charge in [-0.3, -0.25) is 4.90 Å². The molecule has 1 atom stereocenters. The monoisotopic (exact) mass is 300 g/mol. The molecule has 4 nitrogen and oxygen atoms in total. The van der Waals surface area contributed by atoms with E-state index in [-0.39, 0.29) is 6.04 Å². The van der Waals surface area contributed by atoms with E-state index in [1.807, 2.05) is 51.1 Å². The first-order valence-corrected chi connectivity index (χ1v) is 7.93. The third kappa shape index (κ3) is 3.08. The van der Waals surface area contributed by atoms with Crippen molar-refractivity contribution in [2.75, 3.05) is 6.54 Å². The first-order chi connectivity index (χ1) is 10.4. The van der Waals surface area contributed by atoms with Crippen LogP contribution in [0.4, 0.5) is 0 Å². The normalized spacial score (nSPS) is 19.7. The van der Waals surface area contributed by atoms with E-state index in [9.17, 15) is 5.11 Å². The van der Waals surface area contributed by atoms with Gasteiger partial charge in [-0.25, -0.2) is 4.98 Å². The SMILES string of the molecule is Cc1oc(-c2ccccc2)nc1CN1CCCC1C(C)(C)O. The molecule has 118 valence electrons. The molecular formula is C18H24N2O2. The van der Waals surface area contributed by atoms with Gasteiger partial charge in [-0.05, 0) is 52.3 Å². The summed E-state index contributed by atoms with van der Waals surface area (Å²) in [7, 11) is 0. The summed E-state index contributed by atoms with van der Waals surface area (Å²) in [6.07, 6.45) is 2.16. The average Bonchev–Trinajstić information content (AvgIpc) is 3.08. The quantitative estimate of drug-likeness (QED) is 0.940. The molecular weight excluding hydrogens is 276 g/mol. The largest absolute Gasteiger partial charge is 0.441 e. The highest BCUT2D eigenvalue weighted by Crippen LogP contribution is 2.29. The van der Waals surface area contributed by atoms with Gasteiger partial charge >= 0.3 is 0 Å². The minimum Gasteiger partial charge on any atom is -0.441 e. The van der Waals surface area contributed by atoms with E-state index < -0.39 is 5.60 Å². The molecule has 2 aromatic rings. The fourth-order valence-electron chi connectivity index (χ4n) is 3.29. The van der Waals surface area contributed by atoms with Crippen molar-refractivity contribution in [2.45, 2.75) is 51.8 Å². The molecule has 2 heterocycles. The van der Waals surface area contributed by atoms with Crippen LogP contribution in [0, 0.1) is 6.92 Å². The van der Waals surface area contributed by atoms with Crippen LogP contribution in [0.1, 0.15) is 38.1 Å². The molecule has 1 saturated heterocycles. The second-order valence-corrected chi connectivity index (χ2v) is 6.67. The number of aromatic nitrogens is 1. The van der Waals surface area contributed by atoms with Crippen LogP contribution >= 0.6 is 0 Å². The van der Waals surface area contributed by atoms with Crippen LogP contribution in [0.3, 0.4) is 0 Å². The van der Waals surface area contributed by atoms with E-state index in [1.54, 1.807) is 0 Å². The summed E-state index contributed by atoms with van der Waals surface area (Å²) in [6, 6.07) is 10.1. The third-order valence-electron chi connectivity index (χ3n) is 4.45. The lowest BCUT2D eigenvalue weighted by Crippen LogP contribution is -2.45. The number of oxazole rings is 1. The zero-order valence-corrected chi connectivity index (χ0v) is 13.5. The predicted octanol–water partition coefficient (Wildman–Crippen LogP) is 3.39. The molecule has 0 amide bonds. The lowest BCUT2D eigenvalue weighted by molar-refractivity contribution is -0.00545. The Hall–Kier alpha value is -1.65. The molecule has 1 aliphatic rings. The maximum atomic E-state index is 10.3. The van der Waals surface area contributed by atoms with Crippen LogP contribution in [0.5, 0.6) is 0 Å². The Labute approximate surface area is 131 Å². The predicted molar refractivity (Wildman–Crippen MR) is 86.4 cm³/mol. The van der Waals surface area contributed by atoms with Crippen molar-refractivity contribution < 1.29 is 9.52 Å². The Kier molecular flexibility index (Phi) is 4.06. The van der Waals surface area contributed by atoms with Crippen molar-refractivity contribution in [1.82, 2.24) is 9.88 Å². The second kappa shape index (κ2) is 5.86. The molecule has 1 aromatic heterocycles. The fourth-order valence-corrected chi connectivity index (χ4v) is 3.29. The maximum Gasteiger partial charge on any atom is 0.226 e. The van der Waals surface area contributed by atoms with Crippen molar-refractivity contribution in [2.24, 2.45) is 0 Å². The van der Waals surface area contributed by atoms with Gasteiger partial charge in [0.25, 0.3) is 0 Å². The standard InChI is InChI=1S/C18H24N2O2/c1-13-15(12-20-11-7-10-16(20)18(2,3)21)19-17(22-13)14-8-5-4-6-9-14/h4-6,8-9,16,21H,7,10-12H2,1-3H3. The second-order valence-electron chi connectivity index (χ2n) is 6.67. The molecule has 1 aromatic carbocycles. The Morgan fingerprint density at radius 3 is 2.73 bits per heavy atom. The van der Waals surface area contributed by atoms with Crippen molar-refractivity contribution >= 4 is 0 Å². The summed E-state index contributed by atoms with van der Waals surface area (Å²) in [5, 5.41) is 10.3. The summed E-state index contributed by atoms with van der Waals surface area (Å²) < 4.78 is 5.83. The van der Waals surface area contributed by atoms with Crippen LogP contribution in [-0.2, 0) is 6.54 Å². The molecule has 0 aliphatic carbocycles. The number of aliphatic hydroxyl groups is 1. The molecule has 1 fully saturated rings. The Morgan fingerprint density at radius 2 is 2.05 bits per heavy atom. The highest BCUT2D eigenvalue weighted by molar-refractivity contribution is 5.53. The van der Waals surface area contributed by atoms with Gasteiger partial charge in [0.2, 0.25) is 5.89 Å². The summed E-state index contributed by atoms with van der Waals surface area (Å²) in [5.74, 6) is 1.53. The summed E-state index contributed by atoms with van der Waals surface area (Å²) in [4.78, 5) is 6.99. The Balaban J connectivity index is 1.80. The Bertz CT molecular complexity index is 628. The topological polar surface area (TPSA) is 49.5 Å². The molecule has 4 heteroatoms. The fraction of sp³-hybridized carbons (Fsp3) is 0.500. The molecule has 0 bridgehead atoms. The van der Waals surface area contributed by atoms with Gasteiger partial charge in [0.15, 0.2) is 0 Å². The summed E-state index contributed by atoms with van der Waals surface area (Å²) in [5.41, 5.74) is 1.28. The van der Waals surface area contributed by atoms with Gasteiger partial charge in [0.05, 0.1) is 11.3 Å². The van der Waals surface area contributed by atoms with E-state index in [0.717, 1.165) is 42.9 Å². The van der Waals surface area contributed by atoms with Crippen molar-refractivity contribution in [3.63, 3.8) is 0 Å². The van der Waals surface area contributed by atoms with Gasteiger partial charge in [-0.15, -0.1) is 0 Å². The van der Waals surface area contributed by atoms with E-state index in [1.165, 1.54) is 0 Å². The zero-order chi connectivity index (χ0) is 15.7. The first-order valence-electron chi connectivity index (χ1n) is 7.93. The van der Waals surface area contributed by atoms with Gasteiger partial charge in [0, 0.05) is 18.2 Å². The van der Waals surface area contributed by atoms with E-state index >= 15 is 0 Å². The number of hydrogen-bond acceptors (Lipinski definition) is 4. The average molecular weight is 300 g/mol. The van der Waals surface area contributed by atoms with Crippen molar-refractivity contribution in [3.05, 3.63) is 41.8 Å². The van der Waals surface area contributed by atoms with E-state index in [2.05, 4.69) is 9.88 Å². The molecule has 3 rings (SSSR count). The number of likely N-dealkylation sites (tertiary alicyclic amines) is 1. The number of rotatable bonds is 4. The van der Waals surface area contributed by atoms with E-state index in [4.69, 9.17) is 4.42 Å². The van der Waals surface area contributed by atoms with Gasteiger partial charge in [-0.2, -0.15) is 0 Å². The lowest BCUT2D eigenvalue weighted by Gasteiger charge is -2.33.